The predicted octanol–water partition coefficient (Wildman–Crippen LogP) is 2.52. The van der Waals surface area contributed by atoms with Crippen LogP contribution in [0.15, 0.2) is 30.5 Å². The fourth-order valence-corrected chi connectivity index (χ4v) is 3.15. The second-order valence-electron chi connectivity index (χ2n) is 5.99. The molecule has 0 aliphatic heterocycles. The number of hydrogen-bond acceptors (Lipinski definition) is 2. The molecule has 1 saturated carbocycles. The van der Waals surface area contributed by atoms with Gasteiger partial charge >= 0.3 is 0 Å². The van der Waals surface area contributed by atoms with Gasteiger partial charge in [0.05, 0.1) is 6.10 Å². The quantitative estimate of drug-likeness (QED) is 0.907. The van der Waals surface area contributed by atoms with Crippen molar-refractivity contribution in [3.63, 3.8) is 0 Å². The zero-order valence-corrected chi connectivity index (χ0v) is 12.4. The van der Waals surface area contributed by atoms with Crippen LogP contribution in [0.25, 0.3) is 10.9 Å². The molecule has 1 aromatic heterocycles. The second-order valence-corrected chi connectivity index (χ2v) is 5.99. The van der Waals surface area contributed by atoms with Crippen LogP contribution in [0.1, 0.15) is 37.4 Å². The molecule has 2 N–H and O–H groups in total. The van der Waals surface area contributed by atoms with Crippen molar-refractivity contribution in [3.8, 4) is 0 Å². The number of nitrogens with one attached hydrogen (secondary N) is 1. The normalized spacial score (nSPS) is 17.2. The number of fused-ring (bicyclic) bond motifs is 1. The maximum absolute atomic E-state index is 12.0. The number of rotatable bonds is 4. The Kier molecular flexibility index (Phi) is 3.97. The summed E-state index contributed by atoms with van der Waals surface area (Å²) in [7, 11) is 2.00. The minimum absolute atomic E-state index is 0.0901. The molecule has 1 amide bonds. The Bertz CT molecular complexity index is 641. The summed E-state index contributed by atoms with van der Waals surface area (Å²) in [5, 5.41) is 14.2. The maximum atomic E-state index is 12.0. The van der Waals surface area contributed by atoms with E-state index in [0.717, 1.165) is 42.1 Å². The topological polar surface area (TPSA) is 54.3 Å². The Labute approximate surface area is 124 Å². The van der Waals surface area contributed by atoms with E-state index < -0.39 is 6.10 Å². The van der Waals surface area contributed by atoms with E-state index in [1.165, 1.54) is 0 Å². The first-order chi connectivity index (χ1) is 10.1. The van der Waals surface area contributed by atoms with Gasteiger partial charge in [0.1, 0.15) is 0 Å². The molecule has 21 heavy (non-hydrogen) atoms. The van der Waals surface area contributed by atoms with Crippen molar-refractivity contribution in [1.82, 2.24) is 9.88 Å². The van der Waals surface area contributed by atoms with Gasteiger partial charge in [-0.05, 0) is 42.0 Å². The van der Waals surface area contributed by atoms with Crippen LogP contribution in [0.4, 0.5) is 0 Å². The Morgan fingerprint density at radius 2 is 2.14 bits per heavy atom. The van der Waals surface area contributed by atoms with Crippen molar-refractivity contribution in [2.45, 2.75) is 31.8 Å². The highest BCUT2D eigenvalue weighted by Crippen LogP contribution is 2.25. The molecular weight excluding hydrogens is 264 g/mol. The number of hydrogen-bond donors (Lipinski definition) is 2. The molecule has 4 heteroatoms. The average Bonchev–Trinajstić information content (AvgIpc) is 3.14. The Morgan fingerprint density at radius 1 is 1.38 bits per heavy atom. The third-order valence-corrected chi connectivity index (χ3v) is 4.49. The molecule has 0 spiro atoms. The molecule has 0 saturated heterocycles. The highest BCUT2D eigenvalue weighted by atomic mass is 16.3. The Hall–Kier alpha value is -1.81. The van der Waals surface area contributed by atoms with Crippen molar-refractivity contribution >= 4 is 16.8 Å². The lowest BCUT2D eigenvalue weighted by molar-refractivity contribution is -0.125. The standard InChI is InChI=1S/C17H22N2O2/c1-19-9-8-13-10-14(6-7-15(13)19)16(20)11-18-17(21)12-4-2-3-5-12/h6-10,12,16,20H,2-5,11H2,1H3,(H,18,21)/t16-/m1/s1. The van der Waals surface area contributed by atoms with Gasteiger partial charge in [-0.3, -0.25) is 4.79 Å². The smallest absolute Gasteiger partial charge is 0.223 e. The summed E-state index contributed by atoms with van der Waals surface area (Å²) in [5.74, 6) is 0.237. The third-order valence-electron chi connectivity index (χ3n) is 4.49. The summed E-state index contributed by atoms with van der Waals surface area (Å²) in [6.07, 6.45) is 5.61. The Morgan fingerprint density at radius 3 is 2.90 bits per heavy atom. The molecule has 1 aliphatic carbocycles. The summed E-state index contributed by atoms with van der Waals surface area (Å²) in [4.78, 5) is 12.0. The molecule has 4 nitrogen and oxygen atoms in total. The second kappa shape index (κ2) is 5.90. The van der Waals surface area contributed by atoms with E-state index in [0.29, 0.717) is 0 Å². The molecular formula is C17H22N2O2. The molecule has 0 bridgehead atoms. The minimum atomic E-state index is -0.653. The van der Waals surface area contributed by atoms with Gasteiger partial charge in [0.2, 0.25) is 5.91 Å². The summed E-state index contributed by atoms with van der Waals surface area (Å²) in [6.45, 7) is 0.285. The van der Waals surface area contributed by atoms with E-state index in [-0.39, 0.29) is 18.4 Å². The van der Waals surface area contributed by atoms with Crippen molar-refractivity contribution in [2.75, 3.05) is 6.54 Å². The molecule has 112 valence electrons. The summed E-state index contributed by atoms with van der Waals surface area (Å²) in [6, 6.07) is 7.95. The summed E-state index contributed by atoms with van der Waals surface area (Å²) >= 11 is 0. The van der Waals surface area contributed by atoms with Crippen LogP contribution in [-0.4, -0.2) is 22.1 Å². The minimum Gasteiger partial charge on any atom is -0.387 e. The van der Waals surface area contributed by atoms with Crippen LogP contribution in [-0.2, 0) is 11.8 Å². The number of aryl methyl sites for hydroxylation is 1. The highest BCUT2D eigenvalue weighted by molar-refractivity contribution is 5.81. The number of benzene rings is 1. The first-order valence-corrected chi connectivity index (χ1v) is 7.66. The van der Waals surface area contributed by atoms with Crippen LogP contribution >= 0.6 is 0 Å². The molecule has 1 fully saturated rings. The first-order valence-electron chi connectivity index (χ1n) is 7.66. The fraction of sp³-hybridized carbons (Fsp3) is 0.471. The van der Waals surface area contributed by atoms with Gasteiger partial charge in [-0.2, -0.15) is 0 Å². The molecule has 1 aromatic carbocycles. The van der Waals surface area contributed by atoms with E-state index >= 15 is 0 Å². The van der Waals surface area contributed by atoms with Gasteiger partial charge < -0.3 is 15.0 Å². The summed E-state index contributed by atoms with van der Waals surface area (Å²) in [5.41, 5.74) is 1.99. The van der Waals surface area contributed by atoms with E-state index in [1.54, 1.807) is 0 Å². The monoisotopic (exact) mass is 286 g/mol. The van der Waals surface area contributed by atoms with Gasteiger partial charge in [-0.25, -0.2) is 0 Å². The predicted molar refractivity (Wildman–Crippen MR) is 82.8 cm³/mol. The van der Waals surface area contributed by atoms with Gasteiger partial charge in [0.15, 0.2) is 0 Å². The van der Waals surface area contributed by atoms with Gasteiger partial charge in [-0.1, -0.05) is 18.9 Å². The lowest BCUT2D eigenvalue weighted by Crippen LogP contribution is -2.32. The molecule has 0 radical (unpaired) electrons. The van der Waals surface area contributed by atoms with Crippen molar-refractivity contribution < 1.29 is 9.90 Å². The van der Waals surface area contributed by atoms with E-state index in [4.69, 9.17) is 0 Å². The average molecular weight is 286 g/mol. The molecule has 1 heterocycles. The number of aliphatic hydroxyl groups excluding tert-OH is 1. The SMILES string of the molecule is Cn1ccc2cc([C@H](O)CNC(=O)C3CCCC3)ccc21. The molecule has 1 aliphatic rings. The highest BCUT2D eigenvalue weighted by Gasteiger charge is 2.23. The molecule has 2 aromatic rings. The van der Waals surface area contributed by atoms with Gasteiger partial charge in [0.25, 0.3) is 0 Å². The van der Waals surface area contributed by atoms with E-state index in [9.17, 15) is 9.90 Å². The lowest BCUT2D eigenvalue weighted by Gasteiger charge is -2.15. The zero-order valence-electron chi connectivity index (χ0n) is 12.4. The van der Waals surface area contributed by atoms with Crippen molar-refractivity contribution in [3.05, 3.63) is 36.0 Å². The fourth-order valence-electron chi connectivity index (χ4n) is 3.15. The van der Waals surface area contributed by atoms with E-state index in [2.05, 4.69) is 5.32 Å². The number of amides is 1. The number of carbonyl (C=O) groups is 1. The number of carbonyl (C=O) groups excluding carboxylic acids is 1. The number of nitrogens with zero attached hydrogens (tertiary/aromatic N) is 1. The van der Waals surface area contributed by atoms with Gasteiger partial charge in [-0.15, -0.1) is 0 Å². The number of aromatic nitrogens is 1. The first kappa shape index (κ1) is 14.1. The molecule has 3 rings (SSSR count). The van der Waals surface area contributed by atoms with Crippen LogP contribution in [0.3, 0.4) is 0 Å². The van der Waals surface area contributed by atoms with Gasteiger partial charge in [0, 0.05) is 31.2 Å². The largest absolute Gasteiger partial charge is 0.387 e. The van der Waals surface area contributed by atoms with Crippen molar-refractivity contribution in [1.29, 1.82) is 0 Å². The maximum Gasteiger partial charge on any atom is 0.223 e. The molecule has 1 atom stereocenters. The lowest BCUT2D eigenvalue weighted by atomic mass is 10.1. The van der Waals surface area contributed by atoms with Crippen LogP contribution in [0.2, 0.25) is 0 Å². The van der Waals surface area contributed by atoms with Crippen LogP contribution < -0.4 is 5.32 Å². The van der Waals surface area contributed by atoms with Crippen LogP contribution in [0.5, 0.6) is 0 Å². The van der Waals surface area contributed by atoms with E-state index in [1.807, 2.05) is 42.1 Å². The van der Waals surface area contributed by atoms with Crippen molar-refractivity contribution in [2.24, 2.45) is 13.0 Å². The van der Waals surface area contributed by atoms with Crippen LogP contribution in [0, 0.1) is 5.92 Å². The number of aliphatic hydroxyl groups is 1. The third kappa shape index (κ3) is 2.95. The molecule has 0 unspecified atom stereocenters. The summed E-state index contributed by atoms with van der Waals surface area (Å²) < 4.78 is 2.05. The zero-order chi connectivity index (χ0) is 14.8. The Balaban J connectivity index is 1.63.